The van der Waals surface area contributed by atoms with Crippen molar-refractivity contribution in [2.45, 2.75) is 28.5 Å². The van der Waals surface area contributed by atoms with Crippen LogP contribution >= 0.6 is 23.2 Å². The monoisotopic (exact) mass is 646 g/mol. The summed E-state index contributed by atoms with van der Waals surface area (Å²) >= 11 is 13.9. The van der Waals surface area contributed by atoms with E-state index in [0.29, 0.717) is 0 Å². The van der Waals surface area contributed by atoms with Gasteiger partial charge in [-0.1, -0.05) is 17.7 Å². The molecule has 6 atom stereocenters. The summed E-state index contributed by atoms with van der Waals surface area (Å²) in [4.78, 5) is 48.0. The van der Waals surface area contributed by atoms with Crippen molar-refractivity contribution >= 4 is 52.5 Å². The molecule has 43 heavy (non-hydrogen) atoms. The van der Waals surface area contributed by atoms with E-state index in [-0.39, 0.29) is 39.0 Å². The summed E-state index contributed by atoms with van der Waals surface area (Å²) in [7, 11) is 1.18. The molecule has 0 radical (unpaired) electrons. The van der Waals surface area contributed by atoms with Gasteiger partial charge in [-0.3, -0.25) is 24.4 Å². The lowest BCUT2D eigenvalue weighted by atomic mass is 9.56. The average molecular weight is 647 g/mol. The molecule has 2 N–H and O–H groups in total. The molecule has 226 valence electrons. The number of carbonyl (C=O) groups is 4. The van der Waals surface area contributed by atoms with Gasteiger partial charge in [-0.25, -0.2) is 26.9 Å². The molecule has 16 heteroatoms. The van der Waals surface area contributed by atoms with Crippen molar-refractivity contribution in [2.75, 3.05) is 12.0 Å². The molecule has 2 aliphatic heterocycles. The molecule has 2 saturated heterocycles. The molecule has 4 aliphatic rings. The van der Waals surface area contributed by atoms with Crippen LogP contribution in [0.15, 0.2) is 29.8 Å². The Bertz CT molecular complexity index is 1690. The van der Waals surface area contributed by atoms with Crippen LogP contribution in [-0.2, 0) is 19.2 Å². The van der Waals surface area contributed by atoms with Crippen molar-refractivity contribution in [3.8, 4) is 11.5 Å². The van der Waals surface area contributed by atoms with Gasteiger partial charge in [0.2, 0.25) is 5.82 Å². The van der Waals surface area contributed by atoms with Gasteiger partial charge in [0, 0.05) is 17.5 Å². The highest BCUT2D eigenvalue weighted by atomic mass is 35.5. The third kappa shape index (κ3) is 3.48. The first-order valence-corrected chi connectivity index (χ1v) is 13.3. The van der Waals surface area contributed by atoms with Crippen LogP contribution in [0.1, 0.15) is 24.3 Å². The standard InChI is InChI=1S/C27H17Cl2F5N2O7/c1-43-13-6-8(37)2-3-10(13)15-9-4-5-11-14(23(39)36(42)22(11)38)12(9)7-26(28)24(40)35(25(41)27(15,26)29)21-19(33)17(31)16(30)18(32)20(21)34/h2-4,6,11-12,14-15,37,42H,5,7H2,1H3/t11-,12+,14-,15+,26+,27-/m0/s1. The van der Waals surface area contributed by atoms with E-state index in [2.05, 4.69) is 0 Å². The zero-order valence-electron chi connectivity index (χ0n) is 21.5. The van der Waals surface area contributed by atoms with E-state index >= 15 is 0 Å². The van der Waals surface area contributed by atoms with Crippen molar-refractivity contribution in [3.05, 3.63) is 64.5 Å². The zero-order chi connectivity index (χ0) is 31.5. The maximum Gasteiger partial charge on any atom is 0.258 e. The van der Waals surface area contributed by atoms with E-state index < -0.39 is 98.2 Å². The highest BCUT2D eigenvalue weighted by molar-refractivity contribution is 6.58. The van der Waals surface area contributed by atoms with Crippen LogP contribution in [-0.4, -0.2) is 55.9 Å². The van der Waals surface area contributed by atoms with E-state index in [1.807, 2.05) is 0 Å². The van der Waals surface area contributed by atoms with Crippen LogP contribution in [0.5, 0.6) is 11.5 Å². The lowest BCUT2D eigenvalue weighted by Gasteiger charge is -2.50. The first kappa shape index (κ1) is 29.3. The Kier molecular flexibility index (Phi) is 6.39. The van der Waals surface area contributed by atoms with Crippen LogP contribution in [0.25, 0.3) is 0 Å². The van der Waals surface area contributed by atoms with Crippen LogP contribution in [0.3, 0.4) is 0 Å². The second kappa shape index (κ2) is 9.37. The number of benzene rings is 2. The summed E-state index contributed by atoms with van der Waals surface area (Å²) in [6, 6.07) is 3.52. The number of amides is 4. The zero-order valence-corrected chi connectivity index (χ0v) is 23.0. The molecule has 4 amide bonds. The number of carbonyl (C=O) groups excluding carboxylic acids is 4. The first-order valence-electron chi connectivity index (χ1n) is 12.5. The second-order valence-corrected chi connectivity index (χ2v) is 11.8. The van der Waals surface area contributed by atoms with Crippen LogP contribution in [0, 0.1) is 46.8 Å². The predicted molar refractivity (Wildman–Crippen MR) is 135 cm³/mol. The molecule has 2 aliphatic carbocycles. The molecule has 0 bridgehead atoms. The number of aromatic hydroxyl groups is 1. The Labute approximate surface area is 248 Å². The summed E-state index contributed by atoms with van der Waals surface area (Å²) in [6.07, 6.45) is 0.596. The molecule has 0 aromatic heterocycles. The predicted octanol–water partition coefficient (Wildman–Crippen LogP) is 4.05. The molecule has 6 rings (SSSR count). The number of alkyl halides is 2. The lowest BCUT2D eigenvalue weighted by molar-refractivity contribution is -0.173. The van der Waals surface area contributed by atoms with Gasteiger partial charge >= 0.3 is 0 Å². The molecule has 2 heterocycles. The van der Waals surface area contributed by atoms with Crippen molar-refractivity contribution in [1.29, 1.82) is 0 Å². The van der Waals surface area contributed by atoms with Crippen LogP contribution < -0.4 is 9.64 Å². The number of fused-ring (bicyclic) bond motifs is 4. The number of ether oxygens (including phenoxy) is 1. The van der Waals surface area contributed by atoms with E-state index in [1.54, 1.807) is 0 Å². The fourth-order valence-corrected chi connectivity index (χ4v) is 7.76. The summed E-state index contributed by atoms with van der Waals surface area (Å²) in [5.41, 5.74) is -1.75. The van der Waals surface area contributed by atoms with Crippen molar-refractivity contribution in [2.24, 2.45) is 17.8 Å². The minimum atomic E-state index is -2.74. The Morgan fingerprint density at radius 1 is 0.907 bits per heavy atom. The number of rotatable bonds is 3. The third-order valence-corrected chi connectivity index (χ3v) is 10.1. The maximum absolute atomic E-state index is 15.0. The number of phenolic OH excluding ortho intramolecular Hbond substituents is 1. The highest BCUT2D eigenvalue weighted by Gasteiger charge is 2.77. The van der Waals surface area contributed by atoms with Crippen LogP contribution in [0.4, 0.5) is 27.6 Å². The molecule has 2 aromatic rings. The van der Waals surface area contributed by atoms with E-state index in [4.69, 9.17) is 27.9 Å². The van der Waals surface area contributed by atoms with Gasteiger partial charge in [0.15, 0.2) is 33.0 Å². The van der Waals surface area contributed by atoms with Gasteiger partial charge in [0.1, 0.15) is 17.2 Å². The molecular weight excluding hydrogens is 630 g/mol. The normalized spacial score (nSPS) is 31.7. The van der Waals surface area contributed by atoms with E-state index in [0.717, 1.165) is 12.1 Å². The minimum Gasteiger partial charge on any atom is -0.508 e. The Balaban J connectivity index is 1.64. The number of anilines is 1. The van der Waals surface area contributed by atoms with Gasteiger partial charge < -0.3 is 9.84 Å². The quantitative estimate of drug-likeness (QED) is 0.0981. The maximum atomic E-state index is 15.0. The van der Waals surface area contributed by atoms with E-state index in [1.165, 1.54) is 19.3 Å². The molecule has 2 aromatic carbocycles. The fraction of sp³-hybridized carbons (Fsp3) is 0.333. The van der Waals surface area contributed by atoms with Crippen molar-refractivity contribution < 1.29 is 56.2 Å². The molecular formula is C27H17Cl2F5N2O7. The number of phenols is 1. The van der Waals surface area contributed by atoms with Gasteiger partial charge in [0.05, 0.1) is 18.9 Å². The number of halogens is 7. The molecule has 1 saturated carbocycles. The van der Waals surface area contributed by atoms with E-state index in [9.17, 15) is 51.4 Å². The second-order valence-electron chi connectivity index (χ2n) is 10.6. The Hall–Kier alpha value is -3.75. The van der Waals surface area contributed by atoms with Gasteiger partial charge in [-0.05, 0) is 24.8 Å². The van der Waals surface area contributed by atoms with Gasteiger partial charge in [-0.15, -0.1) is 23.2 Å². The Morgan fingerprint density at radius 3 is 2.12 bits per heavy atom. The number of allylic oxidation sites excluding steroid dienone is 2. The highest BCUT2D eigenvalue weighted by Crippen LogP contribution is 2.66. The van der Waals surface area contributed by atoms with Crippen LogP contribution in [0.2, 0.25) is 0 Å². The number of hydroxylamine groups is 2. The number of imide groups is 2. The fourth-order valence-electron chi connectivity index (χ4n) is 6.83. The summed E-state index contributed by atoms with van der Waals surface area (Å²) in [5.74, 6) is -23.3. The number of hydrogen-bond donors (Lipinski definition) is 2. The Morgan fingerprint density at radius 2 is 1.51 bits per heavy atom. The minimum absolute atomic E-state index is 0.00670. The number of methoxy groups -OCH3 is 1. The third-order valence-electron chi connectivity index (χ3n) is 8.73. The molecule has 0 unspecified atom stereocenters. The molecule has 0 spiro atoms. The summed E-state index contributed by atoms with van der Waals surface area (Å²) < 4.78 is 77.7. The van der Waals surface area contributed by atoms with Gasteiger partial charge in [-0.2, -0.15) is 5.06 Å². The van der Waals surface area contributed by atoms with Crippen molar-refractivity contribution in [3.63, 3.8) is 0 Å². The number of nitrogens with zero attached hydrogens (tertiary/aromatic N) is 2. The summed E-state index contributed by atoms with van der Waals surface area (Å²) in [6.45, 7) is 0. The first-order chi connectivity index (χ1) is 20.1. The molecule has 9 nitrogen and oxygen atoms in total. The molecule has 3 fully saturated rings. The lowest BCUT2D eigenvalue weighted by Crippen LogP contribution is -2.60. The topological polar surface area (TPSA) is 124 Å². The smallest absolute Gasteiger partial charge is 0.258 e. The van der Waals surface area contributed by atoms with Crippen molar-refractivity contribution in [1.82, 2.24) is 5.06 Å². The number of hydrogen-bond acceptors (Lipinski definition) is 7. The average Bonchev–Trinajstić information content (AvgIpc) is 3.29. The largest absolute Gasteiger partial charge is 0.508 e. The summed E-state index contributed by atoms with van der Waals surface area (Å²) in [5, 5.41) is 20.1. The van der Waals surface area contributed by atoms with Gasteiger partial charge in [0.25, 0.3) is 23.6 Å². The SMILES string of the molecule is COc1cc(O)ccc1[C@H]1C2=CC[C@@H]3C(=O)N(O)C(=O)[C@@H]3[C@@H]2C[C@@]2(Cl)C(=O)N(c3c(F)c(F)c(F)c(F)c3F)C(=O)[C@@]12Cl.